The summed E-state index contributed by atoms with van der Waals surface area (Å²) in [6.07, 6.45) is -0.364. The summed E-state index contributed by atoms with van der Waals surface area (Å²) < 4.78 is 55.5. The second-order valence-corrected chi connectivity index (χ2v) is 26.1. The molecule has 0 aromatic heterocycles. The first-order valence-electron chi connectivity index (χ1n) is 36.2. The lowest BCUT2D eigenvalue weighted by Gasteiger charge is -2.28. The highest BCUT2D eigenvalue weighted by Gasteiger charge is 2.26. The quantitative estimate of drug-likeness (QED) is 0.0123. The first-order valence-corrected chi connectivity index (χ1v) is 36.2. The van der Waals surface area contributed by atoms with E-state index >= 15 is 0 Å². The van der Waals surface area contributed by atoms with Crippen molar-refractivity contribution in [3.05, 3.63) is 305 Å². The van der Waals surface area contributed by atoms with E-state index in [0.717, 1.165) is 113 Å². The molecule has 0 aliphatic heterocycles. The van der Waals surface area contributed by atoms with Crippen LogP contribution in [0.5, 0.6) is 23.0 Å². The Morgan fingerprint density at radius 1 is 0.343 bits per heavy atom. The standard InChI is InChI=1S/C91H91N3O14/c1-63-28-38-75(39-29-63)92(76-40-30-64(2)31-41-76)77-46-36-72(37-47-77)89(85-58-68(6)87(60-66(85)4)108-91(98)106-56-52-100-49-53-102-69(7)95)84-57-67(5)86(59-65(84)3)103-48-16-15-27-88(96)104-54-50-101-51-55-105-90(97)107-83-26-18-24-81(62-83)94(74-21-13-10-14-22-74)79-44-34-71(35-45-79)70-32-42-78(43-33-70)93(73-19-11-9-12-20-73)80-23-17-25-82(61-80)99-8/h9-14,17-26,28-47,57-62,89H,15-16,27,48-56H2,1-8H3. The van der Waals surface area contributed by atoms with E-state index in [-0.39, 0.29) is 71.2 Å². The number of ether oxygens (including phenoxy) is 10. The lowest BCUT2D eigenvalue weighted by Crippen LogP contribution is -2.17. The Labute approximate surface area is 632 Å². The number of para-hydroxylation sites is 2. The highest BCUT2D eigenvalue weighted by molar-refractivity contribution is 5.83. The third kappa shape index (κ3) is 21.1. The van der Waals surface area contributed by atoms with Gasteiger partial charge in [-0.2, -0.15) is 0 Å². The lowest BCUT2D eigenvalue weighted by molar-refractivity contribution is -0.145. The van der Waals surface area contributed by atoms with E-state index in [1.54, 1.807) is 19.2 Å². The van der Waals surface area contributed by atoms with E-state index in [9.17, 15) is 19.2 Å². The molecule has 11 aromatic rings. The number of rotatable bonds is 34. The number of nitrogens with zero attached hydrogens (tertiary/aromatic N) is 3. The molecular weight excluding hydrogens is 1360 g/mol. The van der Waals surface area contributed by atoms with Gasteiger partial charge in [0.2, 0.25) is 0 Å². The minimum Gasteiger partial charge on any atom is -0.497 e. The van der Waals surface area contributed by atoms with E-state index in [1.165, 1.54) is 18.1 Å². The molecule has 11 rings (SSSR count). The molecule has 0 bridgehead atoms. The monoisotopic (exact) mass is 1450 g/mol. The predicted molar refractivity (Wildman–Crippen MR) is 424 cm³/mol. The number of esters is 2. The molecule has 0 heterocycles. The van der Waals surface area contributed by atoms with Gasteiger partial charge in [0.15, 0.2) is 0 Å². The molecule has 17 heteroatoms. The van der Waals surface area contributed by atoms with Crippen molar-refractivity contribution in [3.63, 3.8) is 0 Å². The van der Waals surface area contributed by atoms with Crippen molar-refractivity contribution in [2.24, 2.45) is 0 Å². The Kier molecular flexibility index (Phi) is 27.2. The summed E-state index contributed by atoms with van der Waals surface area (Å²) in [7, 11) is 1.67. The molecular formula is C91H91N3O14. The number of benzene rings is 11. The molecule has 1 atom stereocenters. The van der Waals surface area contributed by atoms with Crippen LogP contribution in [0.4, 0.5) is 60.8 Å². The molecule has 108 heavy (non-hydrogen) atoms. The SMILES string of the molecule is COc1cccc(N(c2ccccc2)c2ccc(-c3ccc(N(c4ccccc4)c4cccc(OC(=O)OCCOCCOC(=O)CCCCOc5cc(C)c(C(c6ccc(N(c7ccc(C)cc7)c7ccc(C)cc7)cc6)c6cc(C)c(OC(=O)OCCOCCOC(C)=O)cc6C)cc5C)c4)cc3)cc2)c1. The number of hydrogen-bond donors (Lipinski definition) is 0. The van der Waals surface area contributed by atoms with Crippen LogP contribution in [-0.2, 0) is 38.0 Å². The predicted octanol–water partition coefficient (Wildman–Crippen LogP) is 21.2. The van der Waals surface area contributed by atoms with Crippen molar-refractivity contribution >= 4 is 75.4 Å². The molecule has 0 saturated heterocycles. The van der Waals surface area contributed by atoms with Crippen molar-refractivity contribution in [1.29, 1.82) is 0 Å². The summed E-state index contributed by atoms with van der Waals surface area (Å²) in [5.41, 5.74) is 19.9. The fourth-order valence-electron chi connectivity index (χ4n) is 12.7. The van der Waals surface area contributed by atoms with E-state index in [2.05, 4.69) is 193 Å². The third-order valence-electron chi connectivity index (χ3n) is 18.2. The Morgan fingerprint density at radius 3 is 1.23 bits per heavy atom. The van der Waals surface area contributed by atoms with Gasteiger partial charge in [-0.1, -0.05) is 132 Å². The number of unbranched alkanes of at least 4 members (excludes halogenated alkanes) is 1. The zero-order valence-corrected chi connectivity index (χ0v) is 62.4. The molecule has 0 N–H and O–H groups in total. The number of methoxy groups -OCH3 is 1. The normalized spacial score (nSPS) is 11.2. The van der Waals surface area contributed by atoms with Gasteiger partial charge in [-0.05, 0) is 226 Å². The summed E-state index contributed by atoms with van der Waals surface area (Å²) in [5.74, 6) is 1.21. The number of carbonyl (C=O) groups excluding carboxylic acids is 4. The fraction of sp³-hybridized carbons (Fsp3) is 0.231. The Hall–Kier alpha value is -12.2. The second-order valence-electron chi connectivity index (χ2n) is 26.1. The van der Waals surface area contributed by atoms with Gasteiger partial charge < -0.3 is 62.1 Å². The smallest absolute Gasteiger partial charge is 0.497 e. The van der Waals surface area contributed by atoms with Crippen LogP contribution in [-0.4, -0.2) is 90.8 Å². The van der Waals surface area contributed by atoms with Crippen LogP contribution in [0, 0.1) is 41.5 Å². The van der Waals surface area contributed by atoms with Gasteiger partial charge in [-0.3, -0.25) is 9.59 Å². The van der Waals surface area contributed by atoms with E-state index < -0.39 is 18.3 Å². The molecule has 0 fully saturated rings. The largest absolute Gasteiger partial charge is 0.513 e. The van der Waals surface area contributed by atoms with Gasteiger partial charge in [0.05, 0.1) is 40.1 Å². The number of anilines is 9. The molecule has 0 spiro atoms. The molecule has 0 aliphatic carbocycles. The van der Waals surface area contributed by atoms with Crippen LogP contribution in [0.3, 0.4) is 0 Å². The van der Waals surface area contributed by atoms with Crippen molar-refractivity contribution in [2.75, 3.05) is 81.3 Å². The van der Waals surface area contributed by atoms with Gasteiger partial charge in [-0.25, -0.2) is 9.59 Å². The van der Waals surface area contributed by atoms with Crippen LogP contribution in [0.25, 0.3) is 11.1 Å². The summed E-state index contributed by atoms with van der Waals surface area (Å²) in [5, 5.41) is 0. The average molecular weight is 1450 g/mol. The van der Waals surface area contributed by atoms with Gasteiger partial charge in [0, 0.05) is 82.6 Å². The van der Waals surface area contributed by atoms with Crippen LogP contribution in [0.2, 0.25) is 0 Å². The second kappa shape index (κ2) is 38.2. The molecule has 0 aliphatic rings. The molecule has 0 saturated carbocycles. The molecule has 1 unspecified atom stereocenters. The van der Waals surface area contributed by atoms with Crippen molar-refractivity contribution in [3.8, 4) is 34.1 Å². The van der Waals surface area contributed by atoms with Crippen molar-refractivity contribution < 1.29 is 66.5 Å². The number of carbonyl (C=O) groups is 4. The summed E-state index contributed by atoms with van der Waals surface area (Å²) >= 11 is 0. The van der Waals surface area contributed by atoms with Crippen LogP contribution in [0.15, 0.2) is 255 Å². The summed E-state index contributed by atoms with van der Waals surface area (Å²) in [6.45, 7) is 14.5. The minimum atomic E-state index is -0.882. The molecule has 17 nitrogen and oxygen atoms in total. The first kappa shape index (κ1) is 76.9. The zero-order chi connectivity index (χ0) is 75.7. The number of hydrogen-bond acceptors (Lipinski definition) is 17. The maximum atomic E-state index is 13.0. The Balaban J connectivity index is 0.646. The average Bonchev–Trinajstić information content (AvgIpc) is 0.777. The fourth-order valence-corrected chi connectivity index (χ4v) is 12.7. The van der Waals surface area contributed by atoms with E-state index in [4.69, 9.17) is 47.4 Å². The Bertz CT molecular complexity index is 4720. The maximum Gasteiger partial charge on any atom is 0.513 e. The molecule has 0 amide bonds. The van der Waals surface area contributed by atoms with Gasteiger partial charge in [0.25, 0.3) is 0 Å². The van der Waals surface area contributed by atoms with Crippen molar-refractivity contribution in [2.45, 2.75) is 73.6 Å². The number of aryl methyl sites for hydroxylation is 6. The topological polar surface area (TPSA) is 170 Å². The van der Waals surface area contributed by atoms with Gasteiger partial charge in [0.1, 0.15) is 49.4 Å². The van der Waals surface area contributed by atoms with Crippen LogP contribution >= 0.6 is 0 Å². The van der Waals surface area contributed by atoms with E-state index in [0.29, 0.717) is 30.9 Å². The van der Waals surface area contributed by atoms with Crippen molar-refractivity contribution in [1.82, 2.24) is 0 Å². The lowest BCUT2D eigenvalue weighted by atomic mass is 9.80. The minimum absolute atomic E-state index is 0.0380. The molecule has 554 valence electrons. The highest BCUT2D eigenvalue weighted by Crippen LogP contribution is 2.44. The van der Waals surface area contributed by atoms with Gasteiger partial charge in [-0.15, -0.1) is 0 Å². The van der Waals surface area contributed by atoms with E-state index in [1.807, 2.05) is 106 Å². The van der Waals surface area contributed by atoms with Gasteiger partial charge >= 0.3 is 24.2 Å². The molecule has 0 radical (unpaired) electrons. The van der Waals surface area contributed by atoms with Crippen LogP contribution in [0.1, 0.15) is 82.2 Å². The first-order chi connectivity index (χ1) is 52.5. The third-order valence-corrected chi connectivity index (χ3v) is 18.2. The summed E-state index contributed by atoms with van der Waals surface area (Å²) in [4.78, 5) is 56.3. The zero-order valence-electron chi connectivity index (χ0n) is 62.4. The maximum absolute atomic E-state index is 13.0. The van der Waals surface area contributed by atoms with Crippen LogP contribution < -0.4 is 33.6 Å². The highest BCUT2D eigenvalue weighted by atomic mass is 16.7. The Morgan fingerprint density at radius 2 is 0.741 bits per heavy atom. The molecule has 11 aromatic carbocycles. The summed E-state index contributed by atoms with van der Waals surface area (Å²) in [6, 6.07) is 86.3.